The number of halogens is 1. The maximum absolute atomic E-state index is 12.8. The number of benzene rings is 4. The minimum atomic E-state index is -0.313. The van der Waals surface area contributed by atoms with Crippen LogP contribution in [0.3, 0.4) is 0 Å². The first-order valence-corrected chi connectivity index (χ1v) is 12.0. The average Bonchev–Trinajstić information content (AvgIpc) is 3.12. The fraction of sp³-hybridized carbons (Fsp3) is 0.0714. The van der Waals surface area contributed by atoms with Crippen molar-refractivity contribution in [3.8, 4) is 5.75 Å². The molecule has 0 radical (unpaired) electrons. The number of fused-ring (bicyclic) bond motifs is 1. The Bertz CT molecular complexity index is 1410. The van der Waals surface area contributed by atoms with E-state index in [1.165, 1.54) is 15.7 Å². The lowest BCUT2D eigenvalue weighted by atomic mass is 10.1. The van der Waals surface area contributed by atoms with Crippen LogP contribution in [0.1, 0.15) is 16.7 Å². The van der Waals surface area contributed by atoms with Gasteiger partial charge in [0.1, 0.15) is 12.4 Å². The summed E-state index contributed by atoms with van der Waals surface area (Å²) in [6.07, 6.45) is 1.73. The van der Waals surface area contributed by atoms with Crippen molar-refractivity contribution in [3.63, 3.8) is 0 Å². The van der Waals surface area contributed by atoms with E-state index in [0.29, 0.717) is 16.5 Å². The standard InChI is InChI=1S/C28H20ClNO3S/c29-25-8-4-3-7-23(25)17-30-27(31)26(34-28(30)32)16-19-10-13-24(14-11-19)33-18-20-9-12-21-5-1-2-6-22(21)15-20/h1-16H,17-18H2/b26-16-. The van der Waals surface area contributed by atoms with Gasteiger partial charge in [-0.1, -0.05) is 78.3 Å². The summed E-state index contributed by atoms with van der Waals surface area (Å²) in [7, 11) is 0. The highest BCUT2D eigenvalue weighted by atomic mass is 35.5. The molecule has 1 heterocycles. The molecule has 34 heavy (non-hydrogen) atoms. The van der Waals surface area contributed by atoms with Gasteiger partial charge in [-0.2, -0.15) is 0 Å². The van der Waals surface area contributed by atoms with Gasteiger partial charge < -0.3 is 4.74 Å². The van der Waals surface area contributed by atoms with Gasteiger partial charge in [-0.25, -0.2) is 0 Å². The summed E-state index contributed by atoms with van der Waals surface area (Å²) in [5, 5.41) is 2.62. The number of rotatable bonds is 6. The Balaban J connectivity index is 1.24. The van der Waals surface area contributed by atoms with Gasteiger partial charge in [-0.3, -0.25) is 14.5 Å². The number of amides is 2. The Hall–Kier alpha value is -3.54. The normalized spacial score (nSPS) is 14.9. The molecule has 0 aliphatic carbocycles. The van der Waals surface area contributed by atoms with Crippen molar-refractivity contribution in [2.24, 2.45) is 0 Å². The molecule has 0 unspecified atom stereocenters. The molecule has 6 heteroatoms. The van der Waals surface area contributed by atoms with Crippen LogP contribution in [0.15, 0.2) is 95.9 Å². The van der Waals surface area contributed by atoms with Gasteiger partial charge >= 0.3 is 0 Å². The van der Waals surface area contributed by atoms with Crippen LogP contribution in [0, 0.1) is 0 Å². The minimum absolute atomic E-state index is 0.156. The number of ether oxygens (including phenoxy) is 1. The minimum Gasteiger partial charge on any atom is -0.489 e. The molecule has 1 aliphatic heterocycles. The number of carbonyl (C=O) groups is 2. The van der Waals surface area contributed by atoms with E-state index in [9.17, 15) is 9.59 Å². The summed E-state index contributed by atoms with van der Waals surface area (Å²) in [5.41, 5.74) is 2.65. The van der Waals surface area contributed by atoms with Crippen molar-refractivity contribution < 1.29 is 14.3 Å². The fourth-order valence-corrected chi connectivity index (χ4v) is 4.77. The van der Waals surface area contributed by atoms with Crippen molar-refractivity contribution in [1.29, 1.82) is 0 Å². The monoisotopic (exact) mass is 485 g/mol. The van der Waals surface area contributed by atoms with Gasteiger partial charge in [0, 0.05) is 5.02 Å². The molecule has 5 rings (SSSR count). The Morgan fingerprint density at radius 1 is 0.853 bits per heavy atom. The van der Waals surface area contributed by atoms with Crippen LogP contribution in [0.25, 0.3) is 16.8 Å². The van der Waals surface area contributed by atoms with E-state index in [4.69, 9.17) is 16.3 Å². The Morgan fingerprint density at radius 3 is 2.38 bits per heavy atom. The molecule has 4 aromatic carbocycles. The first-order chi connectivity index (χ1) is 16.6. The molecule has 0 N–H and O–H groups in total. The molecule has 168 valence electrons. The van der Waals surface area contributed by atoms with Crippen LogP contribution in [-0.2, 0) is 17.9 Å². The Labute approximate surface area is 206 Å². The summed E-state index contributed by atoms with van der Waals surface area (Å²) < 4.78 is 5.93. The predicted octanol–water partition coefficient (Wildman–Crippen LogP) is 7.31. The summed E-state index contributed by atoms with van der Waals surface area (Å²) in [6.45, 7) is 0.619. The van der Waals surface area contributed by atoms with Crippen LogP contribution < -0.4 is 4.74 Å². The Morgan fingerprint density at radius 2 is 1.59 bits per heavy atom. The maximum Gasteiger partial charge on any atom is 0.293 e. The lowest BCUT2D eigenvalue weighted by molar-refractivity contribution is -0.123. The zero-order valence-electron chi connectivity index (χ0n) is 18.1. The molecule has 2 amide bonds. The fourth-order valence-electron chi connectivity index (χ4n) is 3.74. The topological polar surface area (TPSA) is 46.6 Å². The van der Waals surface area contributed by atoms with Crippen LogP contribution in [0.5, 0.6) is 5.75 Å². The largest absolute Gasteiger partial charge is 0.489 e. The molecule has 4 aromatic rings. The molecular weight excluding hydrogens is 466 g/mol. The second-order valence-corrected chi connectivity index (χ2v) is 9.30. The third kappa shape index (κ3) is 4.86. The summed E-state index contributed by atoms with van der Waals surface area (Å²) >= 11 is 7.13. The van der Waals surface area contributed by atoms with Gasteiger partial charge in [-0.05, 0) is 69.6 Å². The van der Waals surface area contributed by atoms with Crippen molar-refractivity contribution in [1.82, 2.24) is 4.90 Å². The van der Waals surface area contributed by atoms with Crippen LogP contribution in [-0.4, -0.2) is 16.0 Å². The van der Waals surface area contributed by atoms with E-state index in [2.05, 4.69) is 30.3 Å². The van der Waals surface area contributed by atoms with Gasteiger partial charge in [0.15, 0.2) is 0 Å². The molecule has 0 saturated carbocycles. The van der Waals surface area contributed by atoms with E-state index < -0.39 is 0 Å². The van der Waals surface area contributed by atoms with E-state index in [1.54, 1.807) is 12.1 Å². The molecule has 0 atom stereocenters. The first kappa shape index (κ1) is 22.3. The third-order valence-electron chi connectivity index (χ3n) is 5.56. The number of hydrogen-bond acceptors (Lipinski definition) is 4. The average molecular weight is 486 g/mol. The van der Waals surface area contributed by atoms with Crippen LogP contribution in [0.4, 0.5) is 4.79 Å². The maximum atomic E-state index is 12.8. The smallest absolute Gasteiger partial charge is 0.293 e. The summed E-state index contributed by atoms with van der Waals surface area (Å²) in [6, 6.07) is 29.2. The number of hydrogen-bond donors (Lipinski definition) is 0. The highest BCUT2D eigenvalue weighted by Gasteiger charge is 2.35. The zero-order chi connectivity index (χ0) is 23.5. The van der Waals surface area contributed by atoms with Gasteiger partial charge in [0.25, 0.3) is 11.1 Å². The van der Waals surface area contributed by atoms with Crippen molar-refractivity contribution in [3.05, 3.63) is 118 Å². The van der Waals surface area contributed by atoms with E-state index in [1.807, 2.05) is 54.6 Å². The first-order valence-electron chi connectivity index (χ1n) is 10.8. The molecule has 1 saturated heterocycles. The third-order valence-corrected chi connectivity index (χ3v) is 6.83. The van der Waals surface area contributed by atoms with E-state index in [-0.39, 0.29) is 17.7 Å². The van der Waals surface area contributed by atoms with E-state index >= 15 is 0 Å². The van der Waals surface area contributed by atoms with E-state index in [0.717, 1.165) is 34.2 Å². The molecule has 0 bridgehead atoms. The van der Waals surface area contributed by atoms with Gasteiger partial charge in [0.2, 0.25) is 0 Å². The lowest BCUT2D eigenvalue weighted by Crippen LogP contribution is -2.27. The SMILES string of the molecule is O=C1S/C(=C\c2ccc(OCc3ccc4ccccc4c3)cc2)C(=O)N1Cc1ccccc1Cl. The number of thioether (sulfide) groups is 1. The lowest BCUT2D eigenvalue weighted by Gasteiger charge is -2.13. The second kappa shape index (κ2) is 9.75. The van der Waals surface area contributed by atoms with Crippen LogP contribution >= 0.6 is 23.4 Å². The zero-order valence-corrected chi connectivity index (χ0v) is 19.7. The van der Waals surface area contributed by atoms with Gasteiger partial charge in [-0.15, -0.1) is 0 Å². The molecule has 0 aromatic heterocycles. The molecular formula is C28H20ClNO3S. The summed E-state index contributed by atoms with van der Waals surface area (Å²) in [5.74, 6) is 0.420. The predicted molar refractivity (Wildman–Crippen MR) is 138 cm³/mol. The molecule has 4 nitrogen and oxygen atoms in total. The number of imide groups is 1. The molecule has 1 fully saturated rings. The van der Waals surface area contributed by atoms with Gasteiger partial charge in [0.05, 0.1) is 11.4 Å². The summed E-state index contributed by atoms with van der Waals surface area (Å²) in [4.78, 5) is 26.8. The van der Waals surface area contributed by atoms with Crippen molar-refractivity contribution >= 4 is 51.4 Å². The molecule has 0 spiro atoms. The Kier molecular flexibility index (Phi) is 6.39. The highest BCUT2D eigenvalue weighted by molar-refractivity contribution is 8.18. The van der Waals surface area contributed by atoms with Crippen LogP contribution in [0.2, 0.25) is 5.02 Å². The highest BCUT2D eigenvalue weighted by Crippen LogP contribution is 2.34. The second-order valence-electron chi connectivity index (χ2n) is 7.90. The van der Waals surface area contributed by atoms with Crippen molar-refractivity contribution in [2.75, 3.05) is 0 Å². The van der Waals surface area contributed by atoms with Crippen molar-refractivity contribution in [2.45, 2.75) is 13.2 Å². The quantitative estimate of drug-likeness (QED) is 0.269. The number of carbonyl (C=O) groups excluding carboxylic acids is 2. The molecule has 1 aliphatic rings. The number of nitrogens with zero attached hydrogens (tertiary/aromatic N) is 1.